The number of allylic oxidation sites excluding steroid dienone is 1. The molecule has 0 unspecified atom stereocenters. The van der Waals surface area contributed by atoms with E-state index in [0.717, 1.165) is 5.57 Å². The van der Waals surface area contributed by atoms with Gasteiger partial charge in [0.15, 0.2) is 0 Å². The Bertz CT molecular complexity index is 205. The lowest BCUT2D eigenvalue weighted by Gasteiger charge is -2.12. The van der Waals surface area contributed by atoms with E-state index >= 15 is 0 Å². The zero-order valence-corrected chi connectivity index (χ0v) is 6.33. The molecule has 0 saturated carbocycles. The monoisotopic (exact) mass is 136 g/mol. The maximum atomic E-state index is 9.46. The first-order valence-electron chi connectivity index (χ1n) is 3.53. The van der Waals surface area contributed by atoms with E-state index in [1.807, 2.05) is 32.1 Å². The average Bonchev–Trinajstić information content (AvgIpc) is 2.36. The summed E-state index contributed by atoms with van der Waals surface area (Å²) >= 11 is 0. The fraction of sp³-hybridized carbons (Fsp3) is 0.444. The van der Waals surface area contributed by atoms with Gasteiger partial charge in [-0.15, -0.1) is 5.73 Å². The average molecular weight is 136 g/mol. The Kier molecular flexibility index (Phi) is 2.10. The summed E-state index contributed by atoms with van der Waals surface area (Å²) in [4.78, 5) is 0. The van der Waals surface area contributed by atoms with Gasteiger partial charge in [0.05, 0.1) is 6.10 Å². The normalized spacial score (nSPS) is 18.2. The van der Waals surface area contributed by atoms with Crippen LogP contribution in [0.2, 0.25) is 0 Å². The molecule has 1 aliphatic rings. The van der Waals surface area contributed by atoms with Gasteiger partial charge < -0.3 is 5.11 Å². The third kappa shape index (κ3) is 1.38. The minimum Gasteiger partial charge on any atom is -0.388 e. The summed E-state index contributed by atoms with van der Waals surface area (Å²) in [5.41, 5.74) is 3.87. The van der Waals surface area contributed by atoms with E-state index in [2.05, 4.69) is 5.73 Å². The lowest BCUT2D eigenvalue weighted by atomic mass is 10.0. The summed E-state index contributed by atoms with van der Waals surface area (Å²) < 4.78 is 0. The van der Waals surface area contributed by atoms with E-state index in [4.69, 9.17) is 0 Å². The van der Waals surface area contributed by atoms with Crippen LogP contribution < -0.4 is 0 Å². The molecule has 1 rings (SSSR count). The van der Waals surface area contributed by atoms with Crippen molar-refractivity contribution < 1.29 is 5.11 Å². The largest absolute Gasteiger partial charge is 0.388 e. The van der Waals surface area contributed by atoms with Crippen molar-refractivity contribution >= 4 is 0 Å². The maximum Gasteiger partial charge on any atom is 0.0884 e. The summed E-state index contributed by atoms with van der Waals surface area (Å²) in [6, 6.07) is 0. The van der Waals surface area contributed by atoms with Gasteiger partial charge in [0.1, 0.15) is 0 Å². The molecule has 0 fully saturated rings. The molecule has 0 aromatic heterocycles. The standard InChI is InChI=1S/C9H12O/c1-7(2)9(10)8-5-3-4-6-8/h3-5,7,9-10H,1-2H3/t9-/m0/s1. The molecule has 0 aliphatic heterocycles. The van der Waals surface area contributed by atoms with Gasteiger partial charge in [-0.25, -0.2) is 0 Å². The smallest absolute Gasteiger partial charge is 0.0884 e. The van der Waals surface area contributed by atoms with Crippen molar-refractivity contribution in [2.45, 2.75) is 20.0 Å². The number of aliphatic hydroxyl groups excluding tert-OH is 1. The van der Waals surface area contributed by atoms with Crippen molar-refractivity contribution in [2.24, 2.45) is 5.92 Å². The van der Waals surface area contributed by atoms with Crippen LogP contribution in [0.5, 0.6) is 0 Å². The Labute approximate surface area is 61.4 Å². The molecule has 1 nitrogen and oxygen atoms in total. The summed E-state index contributed by atoms with van der Waals surface area (Å²) in [7, 11) is 0. The minimum absolute atomic E-state index is 0.277. The minimum atomic E-state index is -0.352. The van der Waals surface area contributed by atoms with Gasteiger partial charge in [-0.05, 0) is 18.1 Å². The number of hydrogen-bond donors (Lipinski definition) is 1. The van der Waals surface area contributed by atoms with Gasteiger partial charge in [0, 0.05) is 5.57 Å². The maximum absolute atomic E-state index is 9.46. The van der Waals surface area contributed by atoms with Gasteiger partial charge in [-0.1, -0.05) is 19.9 Å². The Morgan fingerprint density at radius 1 is 1.50 bits per heavy atom. The summed E-state index contributed by atoms with van der Waals surface area (Å²) in [5, 5.41) is 9.46. The molecule has 0 amide bonds. The predicted molar refractivity (Wildman–Crippen MR) is 41.6 cm³/mol. The van der Waals surface area contributed by atoms with Gasteiger partial charge in [0.2, 0.25) is 0 Å². The van der Waals surface area contributed by atoms with Crippen molar-refractivity contribution in [1.82, 2.24) is 0 Å². The van der Waals surface area contributed by atoms with Crippen molar-refractivity contribution in [1.29, 1.82) is 0 Å². The second-order valence-electron chi connectivity index (χ2n) is 2.81. The van der Waals surface area contributed by atoms with Gasteiger partial charge in [0.25, 0.3) is 0 Å². The fourth-order valence-electron chi connectivity index (χ4n) is 0.887. The van der Waals surface area contributed by atoms with Crippen LogP contribution in [0, 0.1) is 5.92 Å². The first-order chi connectivity index (χ1) is 4.72. The molecule has 0 aromatic carbocycles. The second kappa shape index (κ2) is 2.87. The highest BCUT2D eigenvalue weighted by atomic mass is 16.3. The van der Waals surface area contributed by atoms with Crippen molar-refractivity contribution in [3.05, 3.63) is 29.5 Å². The first-order valence-corrected chi connectivity index (χ1v) is 3.53. The zero-order valence-electron chi connectivity index (χ0n) is 6.33. The highest BCUT2D eigenvalue weighted by Crippen LogP contribution is 2.14. The Morgan fingerprint density at radius 2 is 2.20 bits per heavy atom. The molecule has 0 heterocycles. The van der Waals surface area contributed by atoms with Crippen LogP contribution in [-0.2, 0) is 0 Å². The lowest BCUT2D eigenvalue weighted by Crippen LogP contribution is -2.15. The molecular formula is C9H12O. The number of aliphatic hydroxyl groups is 1. The van der Waals surface area contributed by atoms with Crippen molar-refractivity contribution in [3.63, 3.8) is 0 Å². The molecule has 54 valence electrons. The Hall–Kier alpha value is -0.780. The van der Waals surface area contributed by atoms with E-state index in [9.17, 15) is 5.11 Å². The van der Waals surface area contributed by atoms with E-state index in [1.54, 1.807) is 0 Å². The first kappa shape index (κ1) is 7.33. The number of rotatable bonds is 2. The van der Waals surface area contributed by atoms with E-state index in [0.29, 0.717) is 0 Å². The molecule has 1 atom stereocenters. The van der Waals surface area contributed by atoms with Crippen LogP contribution in [0.3, 0.4) is 0 Å². The third-order valence-electron chi connectivity index (χ3n) is 1.57. The Balaban J connectivity index is 2.66. The van der Waals surface area contributed by atoms with Crippen LogP contribution in [0.1, 0.15) is 13.8 Å². The highest BCUT2D eigenvalue weighted by Gasteiger charge is 2.12. The molecule has 0 spiro atoms. The SMILES string of the molecule is CC(C)[C@H](O)C1=C=CC=C1. The molecule has 1 N–H and O–H groups in total. The van der Waals surface area contributed by atoms with Gasteiger partial charge in [-0.2, -0.15) is 0 Å². The van der Waals surface area contributed by atoms with E-state index in [-0.39, 0.29) is 12.0 Å². The van der Waals surface area contributed by atoms with Crippen LogP contribution in [0.25, 0.3) is 0 Å². The quantitative estimate of drug-likeness (QED) is 0.572. The van der Waals surface area contributed by atoms with Crippen LogP contribution >= 0.6 is 0 Å². The van der Waals surface area contributed by atoms with Crippen LogP contribution in [-0.4, -0.2) is 11.2 Å². The van der Waals surface area contributed by atoms with Crippen LogP contribution in [0.4, 0.5) is 0 Å². The second-order valence-corrected chi connectivity index (χ2v) is 2.81. The lowest BCUT2D eigenvalue weighted by molar-refractivity contribution is 0.164. The Morgan fingerprint density at radius 3 is 2.60 bits per heavy atom. The predicted octanol–water partition coefficient (Wildman–Crippen LogP) is 1.65. The van der Waals surface area contributed by atoms with E-state index < -0.39 is 0 Å². The molecule has 0 saturated heterocycles. The summed E-state index contributed by atoms with van der Waals surface area (Å²) in [5.74, 6) is 0.277. The molecular weight excluding hydrogens is 124 g/mol. The molecule has 0 bridgehead atoms. The zero-order chi connectivity index (χ0) is 7.56. The summed E-state index contributed by atoms with van der Waals surface area (Å²) in [6.07, 6.45) is 5.25. The molecule has 0 aromatic rings. The molecule has 1 aliphatic carbocycles. The van der Waals surface area contributed by atoms with Gasteiger partial charge in [-0.3, -0.25) is 0 Å². The summed E-state index contributed by atoms with van der Waals surface area (Å²) in [6.45, 7) is 3.98. The third-order valence-corrected chi connectivity index (χ3v) is 1.57. The fourth-order valence-corrected chi connectivity index (χ4v) is 0.887. The number of hydrogen-bond acceptors (Lipinski definition) is 1. The topological polar surface area (TPSA) is 20.2 Å². The molecule has 10 heavy (non-hydrogen) atoms. The van der Waals surface area contributed by atoms with E-state index in [1.165, 1.54) is 0 Å². The van der Waals surface area contributed by atoms with Crippen LogP contribution in [0.15, 0.2) is 29.5 Å². The molecule has 0 radical (unpaired) electrons. The molecule has 1 heteroatoms. The van der Waals surface area contributed by atoms with Gasteiger partial charge >= 0.3 is 0 Å². The highest BCUT2D eigenvalue weighted by molar-refractivity contribution is 5.31. The van der Waals surface area contributed by atoms with Crippen molar-refractivity contribution in [3.8, 4) is 0 Å². The van der Waals surface area contributed by atoms with Crippen molar-refractivity contribution in [2.75, 3.05) is 0 Å².